The summed E-state index contributed by atoms with van der Waals surface area (Å²) in [6.07, 6.45) is 43.3. The number of hydrogen-bond acceptors (Lipinski definition) is 4. The van der Waals surface area contributed by atoms with Gasteiger partial charge < -0.3 is 15.2 Å². The molecule has 6 nitrogen and oxygen atoms in total. The standard InChI is InChI=1S/C41H75NO5/c1-3-5-7-9-10-11-12-13-14-15-16-17-18-19-20-21-22-23-24-25-26-27-32-36-41(46)47-38(33-29-8-6-4-2)34-30-28-31-35-39(43)42-37-40(44)45/h12-13,15-16,38H,3-11,14,17-37H2,1-2H3,(H,42,43)(H,44,45)/b13-12-,16-15-. The summed E-state index contributed by atoms with van der Waals surface area (Å²) in [5, 5.41) is 11.0. The zero-order chi connectivity index (χ0) is 34.5. The third-order valence-electron chi connectivity index (χ3n) is 8.88. The fraction of sp³-hybridized carbons (Fsp3) is 0.829. The second kappa shape index (κ2) is 36.7. The Morgan fingerprint density at radius 3 is 1.49 bits per heavy atom. The highest BCUT2D eigenvalue weighted by molar-refractivity contribution is 5.80. The van der Waals surface area contributed by atoms with Gasteiger partial charge in [0.2, 0.25) is 5.91 Å². The van der Waals surface area contributed by atoms with Gasteiger partial charge in [0.05, 0.1) is 0 Å². The van der Waals surface area contributed by atoms with E-state index in [0.29, 0.717) is 12.8 Å². The number of carboxylic acid groups (broad SMARTS) is 1. The van der Waals surface area contributed by atoms with E-state index in [-0.39, 0.29) is 24.5 Å². The van der Waals surface area contributed by atoms with Crippen LogP contribution in [0.1, 0.15) is 206 Å². The lowest BCUT2D eigenvalue weighted by molar-refractivity contribution is -0.150. The van der Waals surface area contributed by atoms with E-state index in [0.717, 1.165) is 57.8 Å². The van der Waals surface area contributed by atoms with Crippen LogP contribution in [0.25, 0.3) is 0 Å². The number of aliphatic carboxylic acids is 1. The molecule has 0 aliphatic carbocycles. The molecule has 0 rings (SSSR count). The molecule has 1 atom stereocenters. The third kappa shape index (κ3) is 36.6. The van der Waals surface area contributed by atoms with Gasteiger partial charge in [-0.3, -0.25) is 14.4 Å². The summed E-state index contributed by atoms with van der Waals surface area (Å²) >= 11 is 0. The van der Waals surface area contributed by atoms with Crippen LogP contribution < -0.4 is 5.32 Å². The molecule has 0 aliphatic heterocycles. The van der Waals surface area contributed by atoms with Crippen LogP contribution in [0.3, 0.4) is 0 Å². The topological polar surface area (TPSA) is 92.7 Å². The Morgan fingerprint density at radius 1 is 0.553 bits per heavy atom. The maximum absolute atomic E-state index is 12.5. The van der Waals surface area contributed by atoms with E-state index in [1.54, 1.807) is 0 Å². The summed E-state index contributed by atoms with van der Waals surface area (Å²) in [5.74, 6) is -1.31. The molecular weight excluding hydrogens is 586 g/mol. The molecule has 1 unspecified atom stereocenters. The molecule has 0 aromatic heterocycles. The molecule has 0 aliphatic rings. The Kier molecular flexibility index (Phi) is 35.1. The van der Waals surface area contributed by atoms with Crippen molar-refractivity contribution < 1.29 is 24.2 Å². The lowest BCUT2D eigenvalue weighted by atomic mass is 10.0. The van der Waals surface area contributed by atoms with Crippen LogP contribution in [0.2, 0.25) is 0 Å². The van der Waals surface area contributed by atoms with Crippen LogP contribution in [0.4, 0.5) is 0 Å². The Morgan fingerprint density at radius 2 is 0.979 bits per heavy atom. The monoisotopic (exact) mass is 662 g/mol. The first-order valence-corrected chi connectivity index (χ1v) is 20.0. The van der Waals surface area contributed by atoms with Gasteiger partial charge in [0.15, 0.2) is 0 Å². The van der Waals surface area contributed by atoms with Gasteiger partial charge in [-0.05, 0) is 70.6 Å². The zero-order valence-electron chi connectivity index (χ0n) is 30.9. The van der Waals surface area contributed by atoms with E-state index in [1.165, 1.54) is 122 Å². The molecule has 0 radical (unpaired) electrons. The predicted molar refractivity (Wildman–Crippen MR) is 199 cm³/mol. The average molecular weight is 662 g/mol. The lowest BCUT2D eigenvalue weighted by Gasteiger charge is -2.18. The van der Waals surface area contributed by atoms with Crippen molar-refractivity contribution in [3.63, 3.8) is 0 Å². The van der Waals surface area contributed by atoms with Gasteiger partial charge in [-0.1, -0.05) is 147 Å². The summed E-state index contributed by atoms with van der Waals surface area (Å²) in [6, 6.07) is 0. The zero-order valence-corrected chi connectivity index (χ0v) is 30.9. The predicted octanol–water partition coefficient (Wildman–Crippen LogP) is 12.0. The van der Waals surface area contributed by atoms with Gasteiger partial charge in [-0.2, -0.15) is 0 Å². The Bertz CT molecular complexity index is 778. The minimum Gasteiger partial charge on any atom is -0.480 e. The Balaban J connectivity index is 3.73. The van der Waals surface area contributed by atoms with Crippen molar-refractivity contribution in [3.8, 4) is 0 Å². The lowest BCUT2D eigenvalue weighted by Crippen LogP contribution is -2.28. The number of hydrogen-bond donors (Lipinski definition) is 2. The summed E-state index contributed by atoms with van der Waals surface area (Å²) < 4.78 is 5.88. The quantitative estimate of drug-likeness (QED) is 0.0396. The highest BCUT2D eigenvalue weighted by Crippen LogP contribution is 2.18. The highest BCUT2D eigenvalue weighted by atomic mass is 16.5. The molecule has 0 fully saturated rings. The first kappa shape index (κ1) is 44.9. The number of carboxylic acids is 1. The van der Waals surface area contributed by atoms with E-state index in [1.807, 2.05) is 0 Å². The number of rotatable bonds is 36. The van der Waals surface area contributed by atoms with Crippen molar-refractivity contribution in [1.82, 2.24) is 5.32 Å². The Labute approximate surface area is 290 Å². The summed E-state index contributed by atoms with van der Waals surface area (Å²) in [7, 11) is 0. The molecule has 0 saturated carbocycles. The van der Waals surface area contributed by atoms with Crippen LogP contribution in [0.15, 0.2) is 24.3 Å². The van der Waals surface area contributed by atoms with Gasteiger partial charge in [0, 0.05) is 12.8 Å². The number of allylic oxidation sites excluding steroid dienone is 4. The molecule has 0 heterocycles. The van der Waals surface area contributed by atoms with E-state index >= 15 is 0 Å². The van der Waals surface area contributed by atoms with Crippen molar-refractivity contribution in [3.05, 3.63) is 24.3 Å². The first-order valence-electron chi connectivity index (χ1n) is 20.0. The molecule has 0 aromatic rings. The van der Waals surface area contributed by atoms with Crippen LogP contribution in [-0.4, -0.2) is 35.6 Å². The fourth-order valence-electron chi connectivity index (χ4n) is 5.90. The third-order valence-corrected chi connectivity index (χ3v) is 8.88. The van der Waals surface area contributed by atoms with E-state index in [2.05, 4.69) is 43.5 Å². The van der Waals surface area contributed by atoms with Crippen LogP contribution >= 0.6 is 0 Å². The summed E-state index contributed by atoms with van der Waals surface area (Å²) in [6.45, 7) is 4.14. The second-order valence-corrected chi connectivity index (χ2v) is 13.5. The number of carbonyl (C=O) groups is 3. The van der Waals surface area contributed by atoms with Crippen LogP contribution in [0, 0.1) is 0 Å². The normalized spacial score (nSPS) is 12.2. The SMILES string of the molecule is CCCCCCC/C=C\C/C=C\CCCCCCCCCCCCCC(=O)OC(CCCCCC)CCCCCC(=O)NCC(=O)O. The number of unbranched alkanes of at least 4 members (excludes halogenated alkanes) is 21. The van der Waals surface area contributed by atoms with Crippen molar-refractivity contribution in [2.75, 3.05) is 6.54 Å². The average Bonchev–Trinajstić information content (AvgIpc) is 3.05. The molecule has 274 valence electrons. The molecule has 0 spiro atoms. The molecule has 0 saturated heterocycles. The minimum absolute atomic E-state index is 0.0291. The number of ether oxygens (including phenoxy) is 1. The number of esters is 1. The first-order chi connectivity index (χ1) is 23.0. The molecule has 0 bridgehead atoms. The minimum atomic E-state index is -1.03. The molecular formula is C41H75NO5. The maximum Gasteiger partial charge on any atom is 0.322 e. The van der Waals surface area contributed by atoms with E-state index in [9.17, 15) is 14.4 Å². The highest BCUT2D eigenvalue weighted by Gasteiger charge is 2.14. The van der Waals surface area contributed by atoms with E-state index in [4.69, 9.17) is 9.84 Å². The van der Waals surface area contributed by atoms with Gasteiger partial charge in [0.25, 0.3) is 0 Å². The Hall–Kier alpha value is -2.11. The van der Waals surface area contributed by atoms with Crippen molar-refractivity contribution >= 4 is 17.8 Å². The van der Waals surface area contributed by atoms with Gasteiger partial charge >= 0.3 is 11.9 Å². The van der Waals surface area contributed by atoms with E-state index < -0.39 is 5.97 Å². The molecule has 1 amide bonds. The number of amides is 1. The molecule has 0 aromatic carbocycles. The van der Waals surface area contributed by atoms with Crippen molar-refractivity contribution in [2.45, 2.75) is 213 Å². The fourth-order valence-corrected chi connectivity index (χ4v) is 5.90. The maximum atomic E-state index is 12.5. The second-order valence-electron chi connectivity index (χ2n) is 13.5. The van der Waals surface area contributed by atoms with Gasteiger partial charge in [0.1, 0.15) is 12.6 Å². The van der Waals surface area contributed by atoms with Crippen LogP contribution in [0.5, 0.6) is 0 Å². The largest absolute Gasteiger partial charge is 0.480 e. The molecule has 47 heavy (non-hydrogen) atoms. The van der Waals surface area contributed by atoms with Crippen LogP contribution in [-0.2, 0) is 19.1 Å². The number of carbonyl (C=O) groups excluding carboxylic acids is 2. The number of nitrogens with one attached hydrogen (secondary N) is 1. The summed E-state index contributed by atoms with van der Waals surface area (Å²) in [5.41, 5.74) is 0. The van der Waals surface area contributed by atoms with Crippen molar-refractivity contribution in [2.24, 2.45) is 0 Å². The molecule has 2 N–H and O–H groups in total. The van der Waals surface area contributed by atoms with Crippen molar-refractivity contribution in [1.29, 1.82) is 0 Å². The van der Waals surface area contributed by atoms with Gasteiger partial charge in [-0.15, -0.1) is 0 Å². The smallest absolute Gasteiger partial charge is 0.322 e. The van der Waals surface area contributed by atoms with Gasteiger partial charge in [-0.25, -0.2) is 0 Å². The molecule has 6 heteroatoms. The summed E-state index contributed by atoms with van der Waals surface area (Å²) in [4.78, 5) is 34.8.